The van der Waals surface area contributed by atoms with Gasteiger partial charge in [-0.05, 0) is 50.9 Å². The second kappa shape index (κ2) is 4.50. The second-order valence-corrected chi connectivity index (χ2v) is 4.88. The third-order valence-electron chi connectivity index (χ3n) is 3.66. The fourth-order valence-corrected chi connectivity index (χ4v) is 2.76. The van der Waals surface area contributed by atoms with Gasteiger partial charge >= 0.3 is 0 Å². The van der Waals surface area contributed by atoms with Crippen molar-refractivity contribution in [2.75, 3.05) is 0 Å². The lowest BCUT2D eigenvalue weighted by Crippen LogP contribution is -1.85. The molecular formula is C20H12. The van der Waals surface area contributed by atoms with Crippen LogP contribution in [0.25, 0.3) is 32.7 Å². The average molecular weight is 252 g/mol. The molecule has 0 amide bonds. The van der Waals surface area contributed by atoms with Crippen molar-refractivity contribution < 1.29 is 0 Å². The Labute approximate surface area is 118 Å². The van der Waals surface area contributed by atoms with Gasteiger partial charge in [0.25, 0.3) is 0 Å². The molecule has 0 unspecified atom stereocenters. The van der Waals surface area contributed by atoms with E-state index < -0.39 is 0 Å². The normalized spacial score (nSPS) is 11.0. The molecule has 2 radical (unpaired) electrons. The highest BCUT2D eigenvalue weighted by molar-refractivity contribution is 6.12. The minimum Gasteiger partial charge on any atom is -0.0622 e. The molecule has 0 heteroatoms. The zero-order valence-corrected chi connectivity index (χ0v) is 10.9. The van der Waals surface area contributed by atoms with Crippen molar-refractivity contribution in [2.24, 2.45) is 0 Å². The molecule has 4 aromatic carbocycles. The van der Waals surface area contributed by atoms with Crippen LogP contribution in [0.1, 0.15) is 0 Å². The first-order valence-corrected chi connectivity index (χ1v) is 6.73. The maximum absolute atomic E-state index is 3.50. The summed E-state index contributed by atoms with van der Waals surface area (Å²) in [6.07, 6.45) is 0. The van der Waals surface area contributed by atoms with Crippen molar-refractivity contribution in [3.63, 3.8) is 0 Å². The molecule has 0 atom stereocenters. The van der Waals surface area contributed by atoms with Crippen LogP contribution in [0.3, 0.4) is 0 Å². The molecule has 20 heavy (non-hydrogen) atoms. The topological polar surface area (TPSA) is 0 Å². The Morgan fingerprint density at radius 3 is 2.30 bits per heavy atom. The summed E-state index contributed by atoms with van der Waals surface area (Å²) in [5.41, 5.74) is 2.51. The Kier molecular flexibility index (Phi) is 2.53. The Morgan fingerprint density at radius 2 is 1.40 bits per heavy atom. The Balaban J connectivity index is 2.24. The van der Waals surface area contributed by atoms with Crippen LogP contribution >= 0.6 is 0 Å². The van der Waals surface area contributed by atoms with Crippen LogP contribution in [-0.4, -0.2) is 0 Å². The molecule has 4 aromatic rings. The molecule has 0 N–H and O–H groups in total. The van der Waals surface area contributed by atoms with E-state index >= 15 is 0 Å². The number of rotatable bonds is 1. The molecule has 0 bridgehead atoms. The quantitative estimate of drug-likeness (QED) is 0.405. The van der Waals surface area contributed by atoms with Crippen LogP contribution in [0, 0.1) is 12.1 Å². The van der Waals surface area contributed by atoms with Crippen LogP contribution in [0.5, 0.6) is 0 Å². The van der Waals surface area contributed by atoms with Crippen molar-refractivity contribution in [1.82, 2.24) is 0 Å². The summed E-state index contributed by atoms with van der Waals surface area (Å²) in [4.78, 5) is 0. The first-order valence-electron chi connectivity index (χ1n) is 6.73. The zero-order valence-electron chi connectivity index (χ0n) is 10.9. The van der Waals surface area contributed by atoms with Crippen LogP contribution < -0.4 is 0 Å². The maximum Gasteiger partial charge on any atom is -0.00139 e. The van der Waals surface area contributed by atoms with Crippen molar-refractivity contribution in [2.45, 2.75) is 0 Å². The highest BCUT2D eigenvalue weighted by Crippen LogP contribution is 2.35. The number of hydrogen-bond acceptors (Lipinski definition) is 0. The van der Waals surface area contributed by atoms with Crippen LogP contribution in [0.2, 0.25) is 0 Å². The summed E-state index contributed by atoms with van der Waals surface area (Å²) in [5.74, 6) is 0. The summed E-state index contributed by atoms with van der Waals surface area (Å²) in [6.45, 7) is 0. The lowest BCUT2D eigenvalue weighted by molar-refractivity contribution is 1.67. The van der Waals surface area contributed by atoms with E-state index in [4.69, 9.17) is 0 Å². The van der Waals surface area contributed by atoms with E-state index in [-0.39, 0.29) is 0 Å². The van der Waals surface area contributed by atoms with E-state index in [2.05, 4.69) is 78.9 Å². The molecule has 0 heterocycles. The minimum atomic E-state index is 1.14. The average Bonchev–Trinajstić information content (AvgIpc) is 2.53. The molecule has 0 fully saturated rings. The molecule has 0 saturated carbocycles. The number of fused-ring (bicyclic) bond motifs is 2. The second-order valence-electron chi connectivity index (χ2n) is 4.88. The summed E-state index contributed by atoms with van der Waals surface area (Å²) >= 11 is 0. The lowest BCUT2D eigenvalue weighted by atomic mass is 9.92. The molecule has 0 nitrogen and oxygen atoms in total. The predicted octanol–water partition coefficient (Wildman–Crippen LogP) is 5.26. The van der Waals surface area contributed by atoms with Crippen molar-refractivity contribution in [3.05, 3.63) is 84.9 Å². The molecule has 92 valence electrons. The van der Waals surface area contributed by atoms with Crippen LogP contribution in [-0.2, 0) is 0 Å². The molecule has 0 spiro atoms. The highest BCUT2D eigenvalue weighted by atomic mass is 14.1. The third-order valence-corrected chi connectivity index (χ3v) is 3.66. The SMILES string of the molecule is [c]1ccc2[c]c3ccccc3c(-c3ccccc3)c2c1. The minimum absolute atomic E-state index is 1.14. The third kappa shape index (κ3) is 1.70. The van der Waals surface area contributed by atoms with Gasteiger partial charge in [0.1, 0.15) is 0 Å². The molecular weight excluding hydrogens is 240 g/mol. The lowest BCUT2D eigenvalue weighted by Gasteiger charge is -2.11. The monoisotopic (exact) mass is 252 g/mol. The van der Waals surface area contributed by atoms with E-state index in [9.17, 15) is 0 Å². The van der Waals surface area contributed by atoms with Gasteiger partial charge in [0.2, 0.25) is 0 Å². The summed E-state index contributed by atoms with van der Waals surface area (Å²) in [7, 11) is 0. The van der Waals surface area contributed by atoms with Gasteiger partial charge < -0.3 is 0 Å². The first kappa shape index (κ1) is 11.2. The van der Waals surface area contributed by atoms with Gasteiger partial charge in [0.15, 0.2) is 0 Å². The van der Waals surface area contributed by atoms with E-state index in [1.165, 1.54) is 21.9 Å². The number of hydrogen-bond donors (Lipinski definition) is 0. The van der Waals surface area contributed by atoms with E-state index in [0.717, 1.165) is 10.8 Å². The maximum atomic E-state index is 3.50. The van der Waals surface area contributed by atoms with Crippen molar-refractivity contribution >= 4 is 21.5 Å². The summed E-state index contributed by atoms with van der Waals surface area (Å²) in [5, 5.41) is 4.74. The standard InChI is InChI=1S/C20H12/c1-2-8-15(9-3-1)20-18-12-6-4-10-16(18)14-17-11-5-7-13-19(17)20/h1-6,8-13H. The highest BCUT2D eigenvalue weighted by Gasteiger charge is 2.09. The summed E-state index contributed by atoms with van der Waals surface area (Å²) < 4.78 is 0. The van der Waals surface area contributed by atoms with E-state index in [0.29, 0.717) is 0 Å². The molecule has 0 aromatic heterocycles. The predicted molar refractivity (Wildman–Crippen MR) is 84.6 cm³/mol. The largest absolute Gasteiger partial charge is 0.0622 e. The van der Waals surface area contributed by atoms with Gasteiger partial charge in [-0.1, -0.05) is 66.7 Å². The Bertz CT molecular complexity index is 835. The van der Waals surface area contributed by atoms with Gasteiger partial charge in [-0.15, -0.1) is 0 Å². The fraction of sp³-hybridized carbons (Fsp3) is 0. The van der Waals surface area contributed by atoms with Crippen LogP contribution in [0.4, 0.5) is 0 Å². The molecule has 4 rings (SSSR count). The first-order chi connectivity index (χ1) is 9.93. The molecule has 0 aliphatic heterocycles. The van der Waals surface area contributed by atoms with Gasteiger partial charge in [-0.25, -0.2) is 0 Å². The molecule has 0 aliphatic carbocycles. The molecule has 0 aliphatic rings. The fourth-order valence-electron chi connectivity index (χ4n) is 2.76. The van der Waals surface area contributed by atoms with E-state index in [1.807, 2.05) is 6.07 Å². The van der Waals surface area contributed by atoms with Gasteiger partial charge in [0.05, 0.1) is 0 Å². The van der Waals surface area contributed by atoms with Gasteiger partial charge in [-0.2, -0.15) is 0 Å². The van der Waals surface area contributed by atoms with Gasteiger partial charge in [-0.3, -0.25) is 0 Å². The summed E-state index contributed by atoms with van der Waals surface area (Å²) in [6, 6.07) is 31.7. The van der Waals surface area contributed by atoms with Crippen molar-refractivity contribution in [1.29, 1.82) is 0 Å². The van der Waals surface area contributed by atoms with Crippen LogP contribution in [0.15, 0.2) is 72.8 Å². The number of benzene rings is 4. The van der Waals surface area contributed by atoms with Gasteiger partial charge in [0, 0.05) is 0 Å². The smallest absolute Gasteiger partial charge is 0.00139 e. The van der Waals surface area contributed by atoms with E-state index in [1.54, 1.807) is 0 Å². The Morgan fingerprint density at radius 1 is 0.650 bits per heavy atom. The van der Waals surface area contributed by atoms with Crippen molar-refractivity contribution in [3.8, 4) is 11.1 Å². The molecule has 0 saturated heterocycles. The Hall–Kier alpha value is -2.60. The zero-order chi connectivity index (χ0) is 13.4.